The zero-order valence-corrected chi connectivity index (χ0v) is 15.9. The van der Waals surface area contributed by atoms with Crippen LogP contribution in [0.2, 0.25) is 0 Å². The smallest absolute Gasteiger partial charge is 0.325 e. The van der Waals surface area contributed by atoms with Gasteiger partial charge in [0, 0.05) is 17.4 Å². The third-order valence-corrected chi connectivity index (χ3v) is 4.61. The normalized spacial score (nSPS) is 10.1. The molecule has 142 valence electrons. The summed E-state index contributed by atoms with van der Waals surface area (Å²) in [5, 5.41) is 5.10. The molecule has 8 heteroatoms. The van der Waals surface area contributed by atoms with Gasteiger partial charge >= 0.3 is 5.97 Å². The van der Waals surface area contributed by atoms with Crippen LogP contribution < -0.4 is 10.6 Å². The number of ether oxygens (including phenoxy) is 1. The SMILES string of the molecule is CC(=O)NCc1ccc(C(=O)COC(=O)CNC(=O)c2cccc(C)c2)s1. The summed E-state index contributed by atoms with van der Waals surface area (Å²) >= 11 is 1.23. The van der Waals surface area contributed by atoms with Gasteiger partial charge in [-0.15, -0.1) is 11.3 Å². The lowest BCUT2D eigenvalue weighted by Gasteiger charge is -2.06. The fourth-order valence-corrected chi connectivity index (χ4v) is 3.02. The van der Waals surface area contributed by atoms with E-state index in [1.165, 1.54) is 18.3 Å². The number of benzene rings is 1. The Morgan fingerprint density at radius 3 is 2.56 bits per heavy atom. The van der Waals surface area contributed by atoms with E-state index in [4.69, 9.17) is 4.74 Å². The molecule has 0 aliphatic carbocycles. The highest BCUT2D eigenvalue weighted by Crippen LogP contribution is 2.17. The fourth-order valence-electron chi connectivity index (χ4n) is 2.14. The predicted octanol–water partition coefficient (Wildman–Crippen LogP) is 1.85. The Labute approximate surface area is 160 Å². The van der Waals surface area contributed by atoms with Crippen molar-refractivity contribution in [3.8, 4) is 0 Å². The third-order valence-electron chi connectivity index (χ3n) is 3.49. The van der Waals surface area contributed by atoms with Crippen molar-refractivity contribution in [2.24, 2.45) is 0 Å². The van der Waals surface area contributed by atoms with E-state index in [9.17, 15) is 19.2 Å². The summed E-state index contributed by atoms with van der Waals surface area (Å²) < 4.78 is 4.91. The van der Waals surface area contributed by atoms with Crippen molar-refractivity contribution in [3.05, 3.63) is 57.3 Å². The molecule has 0 aliphatic heterocycles. The van der Waals surface area contributed by atoms with Crippen LogP contribution in [0.3, 0.4) is 0 Å². The minimum Gasteiger partial charge on any atom is -0.456 e. The van der Waals surface area contributed by atoms with Gasteiger partial charge in [0.15, 0.2) is 6.61 Å². The molecule has 2 N–H and O–H groups in total. The molecular weight excluding hydrogens is 368 g/mol. The minimum atomic E-state index is -0.695. The average Bonchev–Trinajstić information content (AvgIpc) is 3.11. The van der Waals surface area contributed by atoms with Gasteiger partial charge in [-0.05, 0) is 31.2 Å². The van der Waals surface area contributed by atoms with E-state index in [1.807, 2.05) is 13.0 Å². The molecule has 0 fully saturated rings. The van der Waals surface area contributed by atoms with E-state index in [2.05, 4.69) is 10.6 Å². The Balaban J connectivity index is 1.75. The van der Waals surface area contributed by atoms with Gasteiger partial charge in [-0.2, -0.15) is 0 Å². The number of hydrogen-bond acceptors (Lipinski definition) is 6. The Kier molecular flexibility index (Phi) is 7.25. The van der Waals surface area contributed by atoms with Crippen LogP contribution >= 0.6 is 11.3 Å². The molecule has 2 rings (SSSR count). The van der Waals surface area contributed by atoms with Crippen LogP contribution in [0.15, 0.2) is 36.4 Å². The van der Waals surface area contributed by atoms with E-state index < -0.39 is 12.6 Å². The zero-order chi connectivity index (χ0) is 19.8. The number of hydrogen-bond donors (Lipinski definition) is 2. The summed E-state index contributed by atoms with van der Waals surface area (Å²) in [6.07, 6.45) is 0. The summed E-state index contributed by atoms with van der Waals surface area (Å²) in [4.78, 5) is 47.9. The molecule has 7 nitrogen and oxygen atoms in total. The second-order valence-electron chi connectivity index (χ2n) is 5.81. The van der Waals surface area contributed by atoms with Crippen molar-refractivity contribution in [1.82, 2.24) is 10.6 Å². The number of rotatable bonds is 8. The summed E-state index contributed by atoms with van der Waals surface area (Å²) in [5.74, 6) is -1.58. The molecular formula is C19H20N2O5S. The number of nitrogens with one attached hydrogen (secondary N) is 2. The Morgan fingerprint density at radius 2 is 1.85 bits per heavy atom. The highest BCUT2D eigenvalue weighted by molar-refractivity contribution is 7.14. The molecule has 0 unspecified atom stereocenters. The van der Waals surface area contributed by atoms with Gasteiger partial charge in [-0.3, -0.25) is 19.2 Å². The molecule has 0 spiro atoms. The van der Waals surface area contributed by atoms with Crippen molar-refractivity contribution in [1.29, 1.82) is 0 Å². The van der Waals surface area contributed by atoms with Crippen LogP contribution in [0.1, 0.15) is 37.4 Å². The number of Topliss-reactive ketones (excluding diaryl/α,β-unsaturated/α-hetero) is 1. The number of aryl methyl sites for hydroxylation is 1. The van der Waals surface area contributed by atoms with Gasteiger partial charge in [-0.1, -0.05) is 17.7 Å². The lowest BCUT2D eigenvalue weighted by atomic mass is 10.1. The largest absolute Gasteiger partial charge is 0.456 e. The monoisotopic (exact) mass is 388 g/mol. The summed E-state index contributed by atoms with van der Waals surface area (Å²) in [6.45, 7) is 2.90. The predicted molar refractivity (Wildman–Crippen MR) is 101 cm³/mol. The van der Waals surface area contributed by atoms with Gasteiger partial charge < -0.3 is 15.4 Å². The van der Waals surface area contributed by atoms with Gasteiger partial charge in [0.1, 0.15) is 6.54 Å². The highest BCUT2D eigenvalue weighted by Gasteiger charge is 2.14. The topological polar surface area (TPSA) is 102 Å². The molecule has 0 bridgehead atoms. The lowest BCUT2D eigenvalue weighted by Crippen LogP contribution is -2.31. The van der Waals surface area contributed by atoms with Crippen LogP contribution in [-0.4, -0.2) is 36.7 Å². The fraction of sp³-hybridized carbons (Fsp3) is 0.263. The quantitative estimate of drug-likeness (QED) is 0.531. The molecule has 2 aromatic rings. The number of thiophene rings is 1. The average molecular weight is 388 g/mol. The second kappa shape index (κ2) is 9.63. The molecule has 0 saturated heterocycles. The second-order valence-corrected chi connectivity index (χ2v) is 6.98. The van der Waals surface area contributed by atoms with Crippen LogP contribution in [0.25, 0.3) is 0 Å². The maximum atomic E-state index is 12.1. The van der Waals surface area contributed by atoms with E-state index >= 15 is 0 Å². The van der Waals surface area contributed by atoms with Crippen LogP contribution in [0.5, 0.6) is 0 Å². The summed E-state index contributed by atoms with van der Waals surface area (Å²) in [6, 6.07) is 10.3. The molecule has 1 heterocycles. The molecule has 1 aromatic heterocycles. The molecule has 0 saturated carbocycles. The van der Waals surface area contributed by atoms with Gasteiger partial charge in [0.2, 0.25) is 11.7 Å². The zero-order valence-electron chi connectivity index (χ0n) is 15.0. The van der Waals surface area contributed by atoms with Gasteiger partial charge in [0.05, 0.1) is 11.4 Å². The summed E-state index contributed by atoms with van der Waals surface area (Å²) in [7, 11) is 0. The highest BCUT2D eigenvalue weighted by atomic mass is 32.1. The van der Waals surface area contributed by atoms with Crippen molar-refractivity contribution in [2.45, 2.75) is 20.4 Å². The maximum absolute atomic E-state index is 12.1. The molecule has 27 heavy (non-hydrogen) atoms. The van der Waals surface area contributed by atoms with Crippen LogP contribution in [0, 0.1) is 6.92 Å². The van der Waals surface area contributed by atoms with E-state index in [1.54, 1.807) is 30.3 Å². The Morgan fingerprint density at radius 1 is 1.07 bits per heavy atom. The van der Waals surface area contributed by atoms with E-state index in [-0.39, 0.29) is 24.1 Å². The van der Waals surface area contributed by atoms with Crippen LogP contribution in [-0.2, 0) is 20.9 Å². The molecule has 1 aromatic carbocycles. The van der Waals surface area contributed by atoms with Crippen molar-refractivity contribution in [2.75, 3.05) is 13.2 Å². The van der Waals surface area contributed by atoms with Crippen LogP contribution in [0.4, 0.5) is 0 Å². The number of carbonyl (C=O) groups is 4. The number of carbonyl (C=O) groups excluding carboxylic acids is 4. The minimum absolute atomic E-state index is 0.155. The van der Waals surface area contributed by atoms with Gasteiger partial charge in [-0.25, -0.2) is 0 Å². The van der Waals surface area contributed by atoms with Crippen molar-refractivity contribution >= 4 is 34.9 Å². The first-order valence-electron chi connectivity index (χ1n) is 8.22. The van der Waals surface area contributed by atoms with Gasteiger partial charge in [0.25, 0.3) is 5.91 Å². The standard InChI is InChI=1S/C19H20N2O5S/c1-12-4-3-5-14(8-12)19(25)21-10-18(24)26-11-16(23)17-7-6-15(27-17)9-20-13(2)22/h3-8H,9-11H2,1-2H3,(H,20,22)(H,21,25). The number of ketones is 1. The first kappa shape index (κ1) is 20.3. The first-order valence-corrected chi connectivity index (χ1v) is 9.03. The lowest BCUT2D eigenvalue weighted by molar-refractivity contribution is -0.141. The Bertz CT molecular complexity index is 859. The van der Waals surface area contributed by atoms with Crippen molar-refractivity contribution < 1.29 is 23.9 Å². The van der Waals surface area contributed by atoms with E-state index in [0.29, 0.717) is 17.0 Å². The number of esters is 1. The molecule has 2 amide bonds. The van der Waals surface area contributed by atoms with E-state index in [0.717, 1.165) is 10.4 Å². The number of amides is 2. The molecule has 0 radical (unpaired) electrons. The maximum Gasteiger partial charge on any atom is 0.325 e. The summed E-state index contributed by atoms with van der Waals surface area (Å²) in [5.41, 5.74) is 1.38. The third kappa shape index (κ3) is 6.67. The van der Waals surface area contributed by atoms with Crippen molar-refractivity contribution in [3.63, 3.8) is 0 Å². The molecule has 0 atom stereocenters. The first-order chi connectivity index (χ1) is 12.8. The molecule has 0 aliphatic rings. The Hall–Kier alpha value is -3.00.